The lowest BCUT2D eigenvalue weighted by Gasteiger charge is -2.45. The number of carbonyl (C=O) groups is 1. The van der Waals surface area contributed by atoms with E-state index >= 15 is 0 Å². The second-order valence-electron chi connectivity index (χ2n) is 6.48. The number of ether oxygens (including phenoxy) is 2. The molecule has 122 valence electrons. The van der Waals surface area contributed by atoms with E-state index in [1.54, 1.807) is 14.2 Å². The van der Waals surface area contributed by atoms with Gasteiger partial charge in [0.25, 0.3) is 0 Å². The Morgan fingerprint density at radius 3 is 2.78 bits per heavy atom. The summed E-state index contributed by atoms with van der Waals surface area (Å²) < 4.78 is 10.9. The third kappa shape index (κ3) is 2.21. The van der Waals surface area contributed by atoms with Crippen LogP contribution in [-0.2, 0) is 11.2 Å². The Kier molecular flexibility index (Phi) is 3.51. The predicted molar refractivity (Wildman–Crippen MR) is 87.3 cm³/mol. The summed E-state index contributed by atoms with van der Waals surface area (Å²) >= 11 is 0. The smallest absolute Gasteiger partial charge is 0.231 e. The molecule has 0 aromatic heterocycles. The SMILES string of the molecule is COc1cc2c(cc1OC)[C@@H]1CC3=NCCCC3C(=O)N1CC2. The molecule has 1 fully saturated rings. The normalized spacial score (nSPS) is 25.9. The minimum Gasteiger partial charge on any atom is -0.493 e. The molecule has 3 heterocycles. The summed E-state index contributed by atoms with van der Waals surface area (Å²) in [5.41, 5.74) is 3.55. The Morgan fingerprint density at radius 2 is 2.00 bits per heavy atom. The number of hydrogen-bond donors (Lipinski definition) is 0. The second-order valence-corrected chi connectivity index (χ2v) is 6.48. The van der Waals surface area contributed by atoms with E-state index in [0.717, 1.165) is 56.0 Å². The molecule has 0 radical (unpaired) electrons. The van der Waals surface area contributed by atoms with Crippen molar-refractivity contribution in [3.8, 4) is 11.5 Å². The number of methoxy groups -OCH3 is 2. The van der Waals surface area contributed by atoms with Gasteiger partial charge >= 0.3 is 0 Å². The molecule has 1 unspecified atom stereocenters. The lowest BCUT2D eigenvalue weighted by Crippen LogP contribution is -2.51. The van der Waals surface area contributed by atoms with Crippen LogP contribution in [0.2, 0.25) is 0 Å². The Morgan fingerprint density at radius 1 is 1.22 bits per heavy atom. The molecule has 4 rings (SSSR count). The third-order valence-corrected chi connectivity index (χ3v) is 5.35. The largest absolute Gasteiger partial charge is 0.493 e. The van der Waals surface area contributed by atoms with Crippen molar-refractivity contribution in [1.82, 2.24) is 4.90 Å². The van der Waals surface area contributed by atoms with Crippen LogP contribution in [0, 0.1) is 5.92 Å². The number of carbonyl (C=O) groups excluding carboxylic acids is 1. The van der Waals surface area contributed by atoms with Gasteiger partial charge in [0.2, 0.25) is 5.91 Å². The van der Waals surface area contributed by atoms with Crippen molar-refractivity contribution in [3.05, 3.63) is 23.3 Å². The second kappa shape index (κ2) is 5.55. The molecule has 0 N–H and O–H groups in total. The summed E-state index contributed by atoms with van der Waals surface area (Å²) in [5, 5.41) is 0. The van der Waals surface area contributed by atoms with Crippen LogP contribution in [-0.4, -0.2) is 43.8 Å². The standard InChI is InChI=1S/C18H22N2O3/c1-22-16-8-11-5-7-20-15(13(11)9-17(16)23-2)10-14-12(18(20)21)4-3-6-19-14/h8-9,12,15H,3-7,10H2,1-2H3/t12?,15-/m0/s1. The van der Waals surface area contributed by atoms with Gasteiger partial charge in [-0.05, 0) is 42.5 Å². The number of nitrogens with zero attached hydrogens (tertiary/aromatic N) is 2. The molecular formula is C18H22N2O3. The van der Waals surface area contributed by atoms with Gasteiger partial charge in [-0.25, -0.2) is 0 Å². The van der Waals surface area contributed by atoms with Crippen LogP contribution >= 0.6 is 0 Å². The van der Waals surface area contributed by atoms with E-state index in [1.807, 2.05) is 6.07 Å². The molecule has 1 saturated heterocycles. The molecule has 0 bridgehead atoms. The minimum absolute atomic E-state index is 0.0293. The topological polar surface area (TPSA) is 51.1 Å². The van der Waals surface area contributed by atoms with Crippen LogP contribution in [0.4, 0.5) is 0 Å². The molecule has 2 atom stereocenters. The average Bonchev–Trinajstić information content (AvgIpc) is 2.60. The molecule has 0 saturated carbocycles. The van der Waals surface area contributed by atoms with Gasteiger partial charge in [-0.15, -0.1) is 0 Å². The summed E-state index contributed by atoms with van der Waals surface area (Å²) in [5.74, 6) is 1.78. The summed E-state index contributed by atoms with van der Waals surface area (Å²) in [6, 6.07) is 4.20. The fourth-order valence-corrected chi connectivity index (χ4v) is 4.18. The van der Waals surface area contributed by atoms with Crippen LogP contribution in [0.5, 0.6) is 11.5 Å². The first-order chi connectivity index (χ1) is 11.2. The molecule has 1 aromatic rings. The van der Waals surface area contributed by atoms with Crippen molar-refractivity contribution in [1.29, 1.82) is 0 Å². The van der Waals surface area contributed by atoms with Gasteiger partial charge in [-0.3, -0.25) is 9.79 Å². The zero-order chi connectivity index (χ0) is 16.0. The van der Waals surface area contributed by atoms with Crippen LogP contribution in [0.3, 0.4) is 0 Å². The minimum atomic E-state index is 0.0293. The van der Waals surface area contributed by atoms with Crippen molar-refractivity contribution in [2.45, 2.75) is 31.7 Å². The van der Waals surface area contributed by atoms with Gasteiger partial charge < -0.3 is 14.4 Å². The Labute approximate surface area is 136 Å². The monoisotopic (exact) mass is 314 g/mol. The van der Waals surface area contributed by atoms with E-state index in [0.29, 0.717) is 0 Å². The number of piperidine rings is 1. The van der Waals surface area contributed by atoms with Gasteiger partial charge in [0.05, 0.1) is 26.2 Å². The molecule has 5 nitrogen and oxygen atoms in total. The third-order valence-electron chi connectivity index (χ3n) is 5.35. The number of amides is 1. The molecule has 1 amide bonds. The van der Waals surface area contributed by atoms with Gasteiger partial charge in [0.15, 0.2) is 11.5 Å². The highest BCUT2D eigenvalue weighted by Gasteiger charge is 2.43. The summed E-state index contributed by atoms with van der Waals surface area (Å²) in [4.78, 5) is 19.6. The molecule has 0 spiro atoms. The lowest BCUT2D eigenvalue weighted by molar-refractivity contribution is -0.138. The molecule has 23 heavy (non-hydrogen) atoms. The number of hydrogen-bond acceptors (Lipinski definition) is 4. The van der Waals surface area contributed by atoms with Crippen molar-refractivity contribution in [2.24, 2.45) is 10.9 Å². The predicted octanol–water partition coefficient (Wildman–Crippen LogP) is 2.38. The van der Waals surface area contributed by atoms with E-state index in [9.17, 15) is 4.79 Å². The molecule has 3 aliphatic rings. The zero-order valence-corrected chi connectivity index (χ0v) is 13.7. The number of aliphatic imine (C=N–C) groups is 1. The Balaban J connectivity index is 1.77. The quantitative estimate of drug-likeness (QED) is 0.842. The molecule has 1 aromatic carbocycles. The first-order valence-corrected chi connectivity index (χ1v) is 8.31. The van der Waals surface area contributed by atoms with Crippen molar-refractivity contribution < 1.29 is 14.3 Å². The van der Waals surface area contributed by atoms with Gasteiger partial charge in [0, 0.05) is 25.2 Å². The highest BCUT2D eigenvalue weighted by Crippen LogP contribution is 2.43. The zero-order valence-electron chi connectivity index (χ0n) is 13.7. The molecule has 0 aliphatic carbocycles. The highest BCUT2D eigenvalue weighted by atomic mass is 16.5. The first-order valence-electron chi connectivity index (χ1n) is 8.31. The van der Waals surface area contributed by atoms with Crippen LogP contribution in [0.25, 0.3) is 0 Å². The summed E-state index contributed by atoms with van der Waals surface area (Å²) in [6.45, 7) is 1.65. The Bertz CT molecular complexity index is 683. The van der Waals surface area contributed by atoms with Crippen LogP contribution in [0.1, 0.15) is 36.4 Å². The molecule has 3 aliphatic heterocycles. The summed E-state index contributed by atoms with van der Waals surface area (Å²) in [6.07, 6.45) is 3.72. The van der Waals surface area contributed by atoms with E-state index in [1.165, 1.54) is 11.1 Å². The van der Waals surface area contributed by atoms with Gasteiger partial charge in [-0.1, -0.05) is 0 Å². The highest BCUT2D eigenvalue weighted by molar-refractivity contribution is 6.07. The number of rotatable bonds is 2. The van der Waals surface area contributed by atoms with Crippen molar-refractivity contribution >= 4 is 11.6 Å². The van der Waals surface area contributed by atoms with Crippen LogP contribution < -0.4 is 9.47 Å². The molecular weight excluding hydrogens is 292 g/mol. The fraction of sp³-hybridized carbons (Fsp3) is 0.556. The van der Waals surface area contributed by atoms with E-state index < -0.39 is 0 Å². The van der Waals surface area contributed by atoms with Crippen molar-refractivity contribution in [3.63, 3.8) is 0 Å². The Hall–Kier alpha value is -2.04. The van der Waals surface area contributed by atoms with E-state index in [2.05, 4.69) is 16.0 Å². The van der Waals surface area contributed by atoms with E-state index in [-0.39, 0.29) is 17.9 Å². The maximum absolute atomic E-state index is 12.9. The van der Waals surface area contributed by atoms with Gasteiger partial charge in [-0.2, -0.15) is 0 Å². The van der Waals surface area contributed by atoms with Gasteiger partial charge in [0.1, 0.15) is 0 Å². The van der Waals surface area contributed by atoms with Crippen LogP contribution in [0.15, 0.2) is 17.1 Å². The van der Waals surface area contributed by atoms with Crippen molar-refractivity contribution in [2.75, 3.05) is 27.3 Å². The maximum atomic E-state index is 12.9. The molecule has 5 heteroatoms. The number of fused-ring (bicyclic) bond motifs is 4. The van der Waals surface area contributed by atoms with E-state index in [4.69, 9.17) is 9.47 Å². The average molecular weight is 314 g/mol. The fourth-order valence-electron chi connectivity index (χ4n) is 4.18. The first kappa shape index (κ1) is 14.5. The number of benzene rings is 1. The lowest BCUT2D eigenvalue weighted by atomic mass is 9.79. The summed E-state index contributed by atoms with van der Waals surface area (Å²) in [7, 11) is 3.31. The maximum Gasteiger partial charge on any atom is 0.231 e.